The van der Waals surface area contributed by atoms with Crippen LogP contribution in [0.1, 0.15) is 24.6 Å². The number of carbonyl (C=O) groups excluding carboxylic acids is 1. The van der Waals surface area contributed by atoms with Crippen molar-refractivity contribution < 1.29 is 14.3 Å². The summed E-state index contributed by atoms with van der Waals surface area (Å²) in [4.78, 5) is 15.2. The molecule has 0 aliphatic carbocycles. The number of carbonyl (C=O) groups is 1. The van der Waals surface area contributed by atoms with Gasteiger partial charge < -0.3 is 14.4 Å². The van der Waals surface area contributed by atoms with Gasteiger partial charge in [0.25, 0.3) is 0 Å². The quantitative estimate of drug-likeness (QED) is 0.854. The lowest BCUT2D eigenvalue weighted by molar-refractivity contribution is -0.200. The summed E-state index contributed by atoms with van der Waals surface area (Å²) in [6.07, 6.45) is 2.70. The fourth-order valence-electron chi connectivity index (χ4n) is 3.08. The Morgan fingerprint density at radius 1 is 1.60 bits per heavy atom. The number of amides is 1. The SMILES string of the molecule is CCO[C@@H]1CCOC2(C1)CN(C(=O)Cc1cccs1)C2. The minimum atomic E-state index is -0.136. The molecule has 1 atom stereocenters. The van der Waals surface area contributed by atoms with Crippen LogP contribution in [0.4, 0.5) is 0 Å². The van der Waals surface area contributed by atoms with Crippen LogP contribution in [0, 0.1) is 0 Å². The highest BCUT2D eigenvalue weighted by molar-refractivity contribution is 7.10. The third-order valence-corrected chi connectivity index (χ3v) is 4.94. The normalized spacial score (nSPS) is 24.6. The van der Waals surface area contributed by atoms with E-state index in [1.165, 1.54) is 0 Å². The average molecular weight is 295 g/mol. The molecule has 20 heavy (non-hydrogen) atoms. The van der Waals surface area contributed by atoms with E-state index in [9.17, 15) is 4.79 Å². The predicted molar refractivity (Wildman–Crippen MR) is 77.9 cm³/mol. The average Bonchev–Trinajstić information content (AvgIpc) is 2.89. The van der Waals surface area contributed by atoms with E-state index >= 15 is 0 Å². The zero-order valence-electron chi connectivity index (χ0n) is 11.8. The summed E-state index contributed by atoms with van der Waals surface area (Å²) in [5, 5.41) is 2.01. The van der Waals surface area contributed by atoms with E-state index in [2.05, 4.69) is 0 Å². The largest absolute Gasteiger partial charge is 0.378 e. The van der Waals surface area contributed by atoms with Crippen molar-refractivity contribution in [2.75, 3.05) is 26.3 Å². The molecule has 3 heterocycles. The van der Waals surface area contributed by atoms with Crippen molar-refractivity contribution in [3.8, 4) is 0 Å². The van der Waals surface area contributed by atoms with Gasteiger partial charge in [-0.1, -0.05) is 6.07 Å². The van der Waals surface area contributed by atoms with Gasteiger partial charge in [-0.05, 0) is 24.8 Å². The topological polar surface area (TPSA) is 38.8 Å². The molecule has 1 spiro atoms. The van der Waals surface area contributed by atoms with Gasteiger partial charge in [-0.15, -0.1) is 11.3 Å². The predicted octanol–water partition coefficient (Wildman–Crippen LogP) is 2.09. The van der Waals surface area contributed by atoms with Gasteiger partial charge in [-0.3, -0.25) is 4.79 Å². The minimum Gasteiger partial charge on any atom is -0.378 e. The summed E-state index contributed by atoms with van der Waals surface area (Å²) in [6.45, 7) is 4.97. The first-order valence-electron chi connectivity index (χ1n) is 7.26. The number of nitrogens with zero attached hydrogens (tertiary/aromatic N) is 1. The lowest BCUT2D eigenvalue weighted by Crippen LogP contribution is -2.67. The van der Waals surface area contributed by atoms with Gasteiger partial charge in [-0.2, -0.15) is 0 Å². The zero-order chi connectivity index (χ0) is 14.0. The fourth-order valence-corrected chi connectivity index (χ4v) is 3.78. The van der Waals surface area contributed by atoms with Gasteiger partial charge in [0.2, 0.25) is 5.91 Å². The molecule has 2 aliphatic heterocycles. The second-order valence-corrected chi connectivity index (χ2v) is 6.64. The highest BCUT2D eigenvalue weighted by atomic mass is 32.1. The molecule has 0 bridgehead atoms. The molecule has 1 aromatic heterocycles. The highest BCUT2D eigenvalue weighted by Crippen LogP contribution is 2.35. The summed E-state index contributed by atoms with van der Waals surface area (Å²) >= 11 is 1.64. The monoisotopic (exact) mass is 295 g/mol. The first-order chi connectivity index (χ1) is 9.71. The Kier molecular flexibility index (Phi) is 4.10. The van der Waals surface area contributed by atoms with Crippen molar-refractivity contribution in [2.24, 2.45) is 0 Å². The number of hydrogen-bond acceptors (Lipinski definition) is 4. The third-order valence-electron chi connectivity index (χ3n) is 4.07. The van der Waals surface area contributed by atoms with E-state index < -0.39 is 0 Å². The Morgan fingerprint density at radius 2 is 2.45 bits per heavy atom. The minimum absolute atomic E-state index is 0.136. The Bertz CT molecular complexity index is 452. The van der Waals surface area contributed by atoms with E-state index in [0.717, 1.165) is 44.0 Å². The number of ether oxygens (including phenoxy) is 2. The molecule has 0 N–H and O–H groups in total. The lowest BCUT2D eigenvalue weighted by Gasteiger charge is -2.53. The molecule has 0 radical (unpaired) electrons. The second kappa shape index (κ2) is 5.84. The van der Waals surface area contributed by atoms with Crippen molar-refractivity contribution in [3.63, 3.8) is 0 Å². The maximum Gasteiger partial charge on any atom is 0.228 e. The molecule has 2 aliphatic rings. The second-order valence-electron chi connectivity index (χ2n) is 5.61. The van der Waals surface area contributed by atoms with Crippen molar-refractivity contribution in [2.45, 2.75) is 37.9 Å². The van der Waals surface area contributed by atoms with Crippen LogP contribution in [0.5, 0.6) is 0 Å². The molecule has 0 unspecified atom stereocenters. The smallest absolute Gasteiger partial charge is 0.228 e. The van der Waals surface area contributed by atoms with Crippen LogP contribution in [0.15, 0.2) is 17.5 Å². The van der Waals surface area contributed by atoms with Gasteiger partial charge in [0, 0.05) is 24.5 Å². The standard InChI is InChI=1S/C15H21NO3S/c1-2-18-12-5-6-19-15(9-12)10-16(11-15)14(17)8-13-4-3-7-20-13/h3-4,7,12H,2,5-6,8-11H2,1H3/t12-/m1/s1. The Hall–Kier alpha value is -0.910. The van der Waals surface area contributed by atoms with E-state index in [-0.39, 0.29) is 11.5 Å². The molecule has 110 valence electrons. The zero-order valence-corrected chi connectivity index (χ0v) is 12.7. The molecule has 1 amide bonds. The van der Waals surface area contributed by atoms with E-state index in [4.69, 9.17) is 9.47 Å². The molecule has 2 saturated heterocycles. The molecular formula is C15H21NO3S. The molecule has 0 aromatic carbocycles. The van der Waals surface area contributed by atoms with Gasteiger partial charge in [0.1, 0.15) is 5.60 Å². The summed E-state index contributed by atoms with van der Waals surface area (Å²) in [5.41, 5.74) is -0.136. The van der Waals surface area contributed by atoms with E-state index in [0.29, 0.717) is 12.5 Å². The van der Waals surface area contributed by atoms with Crippen LogP contribution in [0.3, 0.4) is 0 Å². The summed E-state index contributed by atoms with van der Waals surface area (Å²) in [6, 6.07) is 4.00. The van der Waals surface area contributed by atoms with Crippen LogP contribution >= 0.6 is 11.3 Å². The van der Waals surface area contributed by atoms with Crippen molar-refractivity contribution in [1.82, 2.24) is 4.90 Å². The number of rotatable bonds is 4. The Labute approximate surface area is 123 Å². The van der Waals surface area contributed by atoms with Crippen molar-refractivity contribution >= 4 is 17.2 Å². The number of likely N-dealkylation sites (tertiary alicyclic amines) is 1. The van der Waals surface area contributed by atoms with Crippen molar-refractivity contribution in [3.05, 3.63) is 22.4 Å². The lowest BCUT2D eigenvalue weighted by atomic mass is 9.84. The molecule has 3 rings (SSSR count). The van der Waals surface area contributed by atoms with Crippen LogP contribution in [0.25, 0.3) is 0 Å². The molecule has 1 aromatic rings. The van der Waals surface area contributed by atoms with Crippen LogP contribution in [-0.4, -0.2) is 48.8 Å². The molecule has 2 fully saturated rings. The molecule has 4 nitrogen and oxygen atoms in total. The first-order valence-corrected chi connectivity index (χ1v) is 8.14. The Balaban J connectivity index is 1.51. The molecule has 0 saturated carbocycles. The first kappa shape index (κ1) is 14.0. The summed E-state index contributed by atoms with van der Waals surface area (Å²) in [7, 11) is 0. The summed E-state index contributed by atoms with van der Waals surface area (Å²) < 4.78 is 11.6. The van der Waals surface area contributed by atoms with Crippen molar-refractivity contribution in [1.29, 1.82) is 0 Å². The molecular weight excluding hydrogens is 274 g/mol. The van der Waals surface area contributed by atoms with Gasteiger partial charge >= 0.3 is 0 Å². The third kappa shape index (κ3) is 2.90. The number of thiophene rings is 1. The van der Waals surface area contributed by atoms with Gasteiger partial charge in [0.05, 0.1) is 25.6 Å². The van der Waals surface area contributed by atoms with Crippen LogP contribution < -0.4 is 0 Å². The van der Waals surface area contributed by atoms with Crippen LogP contribution in [-0.2, 0) is 20.7 Å². The molecule has 5 heteroatoms. The van der Waals surface area contributed by atoms with Crippen LogP contribution in [0.2, 0.25) is 0 Å². The summed E-state index contributed by atoms with van der Waals surface area (Å²) in [5.74, 6) is 0.209. The Morgan fingerprint density at radius 3 is 3.15 bits per heavy atom. The maximum atomic E-state index is 12.2. The fraction of sp³-hybridized carbons (Fsp3) is 0.667. The highest BCUT2D eigenvalue weighted by Gasteiger charge is 2.49. The van der Waals surface area contributed by atoms with E-state index in [1.54, 1.807) is 11.3 Å². The van der Waals surface area contributed by atoms with Gasteiger partial charge in [0.15, 0.2) is 0 Å². The number of hydrogen-bond donors (Lipinski definition) is 0. The van der Waals surface area contributed by atoms with Gasteiger partial charge in [-0.25, -0.2) is 0 Å². The van der Waals surface area contributed by atoms with E-state index in [1.807, 2.05) is 29.3 Å². The maximum absolute atomic E-state index is 12.2.